The zero-order chi connectivity index (χ0) is 10.4. The van der Waals surface area contributed by atoms with Gasteiger partial charge in [0.2, 0.25) is 0 Å². The molecule has 0 aliphatic carbocycles. The fraction of sp³-hybridized carbons (Fsp3) is 0.273. The lowest BCUT2D eigenvalue weighted by Crippen LogP contribution is -1.97. The predicted octanol–water partition coefficient (Wildman–Crippen LogP) is 3.25. The molecule has 0 radical (unpaired) electrons. The summed E-state index contributed by atoms with van der Waals surface area (Å²) in [5.41, 5.74) is 0. The van der Waals surface area contributed by atoms with Gasteiger partial charge in [-0.05, 0) is 47.2 Å². The second-order valence-corrected chi connectivity index (χ2v) is 3.88. The molecule has 1 rings (SSSR count). The van der Waals surface area contributed by atoms with Crippen molar-refractivity contribution in [2.24, 2.45) is 0 Å². The van der Waals surface area contributed by atoms with Crippen LogP contribution in [0, 0.1) is 3.57 Å². The summed E-state index contributed by atoms with van der Waals surface area (Å²) in [4.78, 5) is 0. The molecule has 76 valence electrons. The van der Waals surface area contributed by atoms with Crippen LogP contribution in [0.5, 0.6) is 11.5 Å². The van der Waals surface area contributed by atoms with E-state index >= 15 is 0 Å². The van der Waals surface area contributed by atoms with E-state index in [1.165, 1.54) is 0 Å². The first-order chi connectivity index (χ1) is 6.77. The van der Waals surface area contributed by atoms with Gasteiger partial charge < -0.3 is 9.47 Å². The van der Waals surface area contributed by atoms with Gasteiger partial charge >= 0.3 is 0 Å². The largest absolute Gasteiger partial charge is 0.497 e. The van der Waals surface area contributed by atoms with Crippen molar-refractivity contribution in [3.8, 4) is 11.5 Å². The highest BCUT2D eigenvalue weighted by atomic mass is 127. The molecule has 0 aromatic heterocycles. The molecule has 0 aliphatic heterocycles. The van der Waals surface area contributed by atoms with Gasteiger partial charge in [-0.1, -0.05) is 6.08 Å². The molecule has 0 aliphatic rings. The zero-order valence-electron chi connectivity index (χ0n) is 8.13. The van der Waals surface area contributed by atoms with Gasteiger partial charge in [0.05, 0.1) is 17.3 Å². The molecule has 0 spiro atoms. The Morgan fingerprint density at radius 1 is 1.50 bits per heavy atom. The van der Waals surface area contributed by atoms with Crippen LogP contribution in [0.1, 0.15) is 6.42 Å². The maximum atomic E-state index is 5.54. The molecule has 0 saturated carbocycles. The maximum absolute atomic E-state index is 5.54. The monoisotopic (exact) mass is 304 g/mol. The Hall–Kier alpha value is -0.710. The van der Waals surface area contributed by atoms with E-state index in [2.05, 4.69) is 29.2 Å². The smallest absolute Gasteiger partial charge is 0.132 e. The summed E-state index contributed by atoms with van der Waals surface area (Å²) in [6.45, 7) is 4.31. The van der Waals surface area contributed by atoms with Gasteiger partial charge in [-0.15, -0.1) is 6.58 Å². The summed E-state index contributed by atoms with van der Waals surface area (Å²) in [7, 11) is 1.66. The first kappa shape index (κ1) is 11.4. The fourth-order valence-electron chi connectivity index (χ4n) is 0.978. The van der Waals surface area contributed by atoms with Crippen LogP contribution in [0.25, 0.3) is 0 Å². The third-order valence-electron chi connectivity index (χ3n) is 1.72. The Labute approximate surface area is 98.1 Å². The number of hydrogen-bond acceptors (Lipinski definition) is 2. The van der Waals surface area contributed by atoms with Gasteiger partial charge in [0.25, 0.3) is 0 Å². The molecule has 0 saturated heterocycles. The first-order valence-electron chi connectivity index (χ1n) is 4.35. The minimum atomic E-state index is 0.672. The highest BCUT2D eigenvalue weighted by molar-refractivity contribution is 14.1. The third-order valence-corrected chi connectivity index (χ3v) is 2.56. The molecule has 0 atom stereocenters. The van der Waals surface area contributed by atoms with E-state index in [0.29, 0.717) is 6.61 Å². The number of halogens is 1. The molecule has 2 nitrogen and oxygen atoms in total. The lowest BCUT2D eigenvalue weighted by Gasteiger charge is -2.08. The summed E-state index contributed by atoms with van der Waals surface area (Å²) in [6.07, 6.45) is 2.71. The zero-order valence-corrected chi connectivity index (χ0v) is 10.3. The SMILES string of the molecule is C=CCCOc1ccc(OC)cc1I. The number of ether oxygens (including phenoxy) is 2. The van der Waals surface area contributed by atoms with Gasteiger partial charge in [-0.3, -0.25) is 0 Å². The van der Waals surface area contributed by atoms with E-state index in [-0.39, 0.29) is 0 Å². The van der Waals surface area contributed by atoms with Gasteiger partial charge in [-0.2, -0.15) is 0 Å². The third kappa shape index (κ3) is 3.21. The van der Waals surface area contributed by atoms with Gasteiger partial charge in [0.15, 0.2) is 0 Å². The van der Waals surface area contributed by atoms with Gasteiger partial charge in [0.1, 0.15) is 11.5 Å². The van der Waals surface area contributed by atoms with E-state index in [4.69, 9.17) is 9.47 Å². The van der Waals surface area contributed by atoms with Crippen molar-refractivity contribution in [1.82, 2.24) is 0 Å². The van der Waals surface area contributed by atoms with Crippen LogP contribution in [0.3, 0.4) is 0 Å². The van der Waals surface area contributed by atoms with Crippen molar-refractivity contribution < 1.29 is 9.47 Å². The second kappa shape index (κ2) is 5.90. The molecule has 0 unspecified atom stereocenters. The average molecular weight is 304 g/mol. The Morgan fingerprint density at radius 3 is 2.86 bits per heavy atom. The summed E-state index contributed by atoms with van der Waals surface area (Å²) >= 11 is 2.23. The van der Waals surface area contributed by atoms with Crippen molar-refractivity contribution >= 4 is 22.6 Å². The molecule has 0 heterocycles. The van der Waals surface area contributed by atoms with Crippen molar-refractivity contribution in [3.05, 3.63) is 34.4 Å². The van der Waals surface area contributed by atoms with Crippen molar-refractivity contribution in [2.45, 2.75) is 6.42 Å². The molecule has 0 amide bonds. The molecule has 14 heavy (non-hydrogen) atoms. The maximum Gasteiger partial charge on any atom is 0.132 e. The van der Waals surface area contributed by atoms with E-state index in [0.717, 1.165) is 21.5 Å². The van der Waals surface area contributed by atoms with Gasteiger partial charge in [0, 0.05) is 0 Å². The predicted molar refractivity (Wildman–Crippen MR) is 66.0 cm³/mol. The minimum absolute atomic E-state index is 0.672. The van der Waals surface area contributed by atoms with E-state index in [9.17, 15) is 0 Å². The standard InChI is InChI=1S/C11H13IO2/c1-3-4-7-14-11-6-5-9(13-2)8-10(11)12/h3,5-6,8H,1,4,7H2,2H3. The Bertz CT molecular complexity index is 310. The minimum Gasteiger partial charge on any atom is -0.497 e. The summed E-state index contributed by atoms with van der Waals surface area (Å²) in [6, 6.07) is 5.76. The fourth-order valence-corrected chi connectivity index (χ4v) is 1.62. The van der Waals surface area contributed by atoms with Crippen LogP contribution >= 0.6 is 22.6 Å². The number of hydrogen-bond donors (Lipinski definition) is 0. The van der Waals surface area contributed by atoms with Crippen LogP contribution < -0.4 is 9.47 Å². The molecule has 0 N–H and O–H groups in total. The average Bonchev–Trinajstić information content (AvgIpc) is 2.20. The normalized spacial score (nSPS) is 9.57. The highest BCUT2D eigenvalue weighted by Crippen LogP contribution is 2.25. The number of methoxy groups -OCH3 is 1. The van der Waals surface area contributed by atoms with Crippen molar-refractivity contribution in [2.75, 3.05) is 13.7 Å². The number of rotatable bonds is 5. The summed E-state index contributed by atoms with van der Waals surface area (Å²) in [5.74, 6) is 1.75. The van der Waals surface area contributed by atoms with Crippen LogP contribution in [-0.2, 0) is 0 Å². The Kier molecular flexibility index (Phi) is 4.79. The van der Waals surface area contributed by atoms with Crippen molar-refractivity contribution in [1.29, 1.82) is 0 Å². The highest BCUT2D eigenvalue weighted by Gasteiger charge is 2.01. The van der Waals surface area contributed by atoms with E-state index < -0.39 is 0 Å². The van der Waals surface area contributed by atoms with Crippen LogP contribution in [0.4, 0.5) is 0 Å². The quantitative estimate of drug-likeness (QED) is 0.472. The molecule has 0 fully saturated rings. The summed E-state index contributed by atoms with van der Waals surface area (Å²) in [5, 5.41) is 0. The van der Waals surface area contributed by atoms with E-state index in [1.54, 1.807) is 7.11 Å². The van der Waals surface area contributed by atoms with Crippen LogP contribution in [0.2, 0.25) is 0 Å². The lowest BCUT2D eigenvalue weighted by molar-refractivity contribution is 0.321. The molecule has 3 heteroatoms. The van der Waals surface area contributed by atoms with Crippen LogP contribution in [-0.4, -0.2) is 13.7 Å². The molecule has 0 bridgehead atoms. The van der Waals surface area contributed by atoms with E-state index in [1.807, 2.05) is 24.3 Å². The summed E-state index contributed by atoms with van der Waals surface area (Å²) < 4.78 is 11.7. The van der Waals surface area contributed by atoms with Gasteiger partial charge in [-0.25, -0.2) is 0 Å². The van der Waals surface area contributed by atoms with Crippen molar-refractivity contribution in [3.63, 3.8) is 0 Å². The first-order valence-corrected chi connectivity index (χ1v) is 5.43. The van der Waals surface area contributed by atoms with Crippen LogP contribution in [0.15, 0.2) is 30.9 Å². The molecular formula is C11H13IO2. The molecule has 1 aromatic rings. The molecule has 1 aromatic carbocycles. The second-order valence-electron chi connectivity index (χ2n) is 2.72. The Balaban J connectivity index is 2.63. The topological polar surface area (TPSA) is 18.5 Å². The number of benzene rings is 1. The Morgan fingerprint density at radius 2 is 2.29 bits per heavy atom. The lowest BCUT2D eigenvalue weighted by atomic mass is 10.3. The molecular weight excluding hydrogens is 291 g/mol.